The van der Waals surface area contributed by atoms with Crippen LogP contribution in [-0.2, 0) is 16.8 Å². The first-order chi connectivity index (χ1) is 15.0. The molecule has 10 heteroatoms. The molecule has 0 spiro atoms. The number of benzene rings is 2. The fourth-order valence-electron chi connectivity index (χ4n) is 3.74. The molecule has 32 heavy (non-hydrogen) atoms. The van der Waals surface area contributed by atoms with E-state index in [-0.39, 0.29) is 38.9 Å². The molecule has 2 aromatic carbocycles. The Morgan fingerprint density at radius 3 is 2.38 bits per heavy atom. The topological polar surface area (TPSA) is 41.5 Å². The first-order valence-corrected chi connectivity index (χ1v) is 11.8. The average molecular weight is 569 g/mol. The minimum atomic E-state index is -4.58. The van der Waals surface area contributed by atoms with Crippen molar-refractivity contribution >= 4 is 62.4 Å². The average Bonchev–Trinajstić information content (AvgIpc) is 3.47. The van der Waals surface area contributed by atoms with Crippen LogP contribution in [0, 0.1) is 5.92 Å². The molecule has 0 radical (unpaired) electrons. The second-order valence-electron chi connectivity index (χ2n) is 8.07. The molecular formula is C22H17BrCl3F3N2O. The zero-order chi connectivity index (χ0) is 23.3. The van der Waals surface area contributed by atoms with E-state index in [1.807, 2.05) is 0 Å². The van der Waals surface area contributed by atoms with Crippen LogP contribution in [0.2, 0.25) is 15.1 Å². The molecular weight excluding hydrogens is 552 g/mol. The molecule has 0 bridgehead atoms. The van der Waals surface area contributed by atoms with Gasteiger partial charge in [-0.2, -0.15) is 13.2 Å². The second-order valence-corrected chi connectivity index (χ2v) is 10.1. The van der Waals surface area contributed by atoms with Crippen LogP contribution >= 0.6 is 50.7 Å². The van der Waals surface area contributed by atoms with Crippen LogP contribution in [0.4, 0.5) is 13.2 Å². The van der Waals surface area contributed by atoms with Crippen LogP contribution in [-0.4, -0.2) is 24.3 Å². The monoisotopic (exact) mass is 566 g/mol. The first-order valence-electron chi connectivity index (χ1n) is 9.83. The molecule has 1 atom stereocenters. The Morgan fingerprint density at radius 2 is 1.81 bits per heavy atom. The van der Waals surface area contributed by atoms with Crippen molar-refractivity contribution in [2.45, 2.75) is 37.4 Å². The number of carbonyl (C=O) groups excluding carboxylic acids is 1. The number of nitrogens with one attached hydrogen (secondary N) is 1. The van der Waals surface area contributed by atoms with Gasteiger partial charge in [-0.25, -0.2) is 0 Å². The molecule has 1 aliphatic heterocycles. The minimum Gasteiger partial charge on any atom is -0.352 e. The van der Waals surface area contributed by atoms with Gasteiger partial charge in [0.05, 0.1) is 21.6 Å². The van der Waals surface area contributed by atoms with Crippen molar-refractivity contribution in [3.05, 3.63) is 66.6 Å². The molecule has 1 fully saturated rings. The zero-order valence-electron chi connectivity index (χ0n) is 16.5. The van der Waals surface area contributed by atoms with Crippen LogP contribution in [0.5, 0.6) is 0 Å². The van der Waals surface area contributed by atoms with E-state index in [1.54, 1.807) is 18.2 Å². The third kappa shape index (κ3) is 4.54. The normalized spacial score (nSPS) is 20.9. The van der Waals surface area contributed by atoms with Crippen LogP contribution in [0.3, 0.4) is 0 Å². The van der Waals surface area contributed by atoms with E-state index >= 15 is 0 Å². The number of amides is 1. The van der Waals surface area contributed by atoms with Gasteiger partial charge >= 0.3 is 6.18 Å². The fraction of sp³-hybridized carbons (Fsp3) is 0.364. The number of hydrogen-bond acceptors (Lipinski definition) is 2. The summed E-state index contributed by atoms with van der Waals surface area (Å²) in [6.07, 6.45) is -3.11. The van der Waals surface area contributed by atoms with E-state index < -0.39 is 18.1 Å². The quantitative estimate of drug-likeness (QED) is 0.383. The zero-order valence-corrected chi connectivity index (χ0v) is 20.4. The Labute approximate surface area is 206 Å². The van der Waals surface area contributed by atoms with E-state index in [1.165, 1.54) is 12.1 Å². The van der Waals surface area contributed by atoms with Gasteiger partial charge in [-0.3, -0.25) is 9.79 Å². The Bertz CT molecular complexity index is 1100. The van der Waals surface area contributed by atoms with Crippen molar-refractivity contribution in [3.8, 4) is 0 Å². The van der Waals surface area contributed by atoms with Gasteiger partial charge in [-0.15, -0.1) is 0 Å². The lowest BCUT2D eigenvalue weighted by molar-refractivity contribution is -0.183. The van der Waals surface area contributed by atoms with Crippen LogP contribution < -0.4 is 5.32 Å². The SMILES string of the molecule is O=C(NCc1ccc(C2=NCC(c3cc(Cl)c(Cl)c(Cl)c3)(C(F)(F)F)C2)cc1Br)C1CC1. The van der Waals surface area contributed by atoms with E-state index in [0.717, 1.165) is 18.4 Å². The van der Waals surface area contributed by atoms with Crippen molar-refractivity contribution in [2.24, 2.45) is 10.9 Å². The molecule has 4 rings (SSSR count). The Kier molecular flexibility index (Phi) is 6.58. The molecule has 3 nitrogen and oxygen atoms in total. The van der Waals surface area contributed by atoms with Crippen molar-refractivity contribution in [2.75, 3.05) is 6.54 Å². The van der Waals surface area contributed by atoms with Crippen molar-refractivity contribution in [1.82, 2.24) is 5.32 Å². The number of alkyl halides is 3. The minimum absolute atomic E-state index is 0.0156. The summed E-state index contributed by atoms with van der Waals surface area (Å²) >= 11 is 21.4. The van der Waals surface area contributed by atoms with Crippen LogP contribution in [0.25, 0.3) is 0 Å². The van der Waals surface area contributed by atoms with Gasteiger partial charge in [0.2, 0.25) is 5.91 Å². The maximum Gasteiger partial charge on any atom is 0.400 e. The molecule has 1 amide bonds. The third-order valence-corrected chi connectivity index (χ3v) is 7.81. The largest absolute Gasteiger partial charge is 0.400 e. The van der Waals surface area contributed by atoms with E-state index in [2.05, 4.69) is 26.2 Å². The summed E-state index contributed by atoms with van der Waals surface area (Å²) in [6.45, 7) is -0.131. The van der Waals surface area contributed by atoms with Gasteiger partial charge in [0, 0.05) is 29.1 Å². The van der Waals surface area contributed by atoms with Gasteiger partial charge in [-0.1, -0.05) is 62.9 Å². The van der Waals surface area contributed by atoms with Crippen molar-refractivity contribution in [1.29, 1.82) is 0 Å². The highest BCUT2D eigenvalue weighted by atomic mass is 79.9. The van der Waals surface area contributed by atoms with Gasteiger partial charge < -0.3 is 5.32 Å². The Morgan fingerprint density at radius 1 is 1.16 bits per heavy atom. The molecule has 1 heterocycles. The molecule has 1 saturated carbocycles. The molecule has 0 saturated heterocycles. The van der Waals surface area contributed by atoms with Gasteiger partial charge in [0.1, 0.15) is 5.41 Å². The van der Waals surface area contributed by atoms with Crippen LogP contribution in [0.15, 0.2) is 39.8 Å². The summed E-state index contributed by atoms with van der Waals surface area (Å²) < 4.78 is 43.6. The van der Waals surface area contributed by atoms with Gasteiger partial charge in [-0.05, 0) is 47.7 Å². The summed E-state index contributed by atoms with van der Waals surface area (Å²) in [5.41, 5.74) is -0.574. The maximum atomic E-state index is 14.3. The highest BCUT2D eigenvalue weighted by Gasteiger charge is 2.58. The molecule has 2 aromatic rings. The van der Waals surface area contributed by atoms with E-state index in [0.29, 0.717) is 22.3 Å². The summed E-state index contributed by atoms with van der Waals surface area (Å²) in [7, 11) is 0. The Hall–Kier alpha value is -1.28. The predicted octanol–water partition coefficient (Wildman–Crippen LogP) is 7.13. The third-order valence-electron chi connectivity index (χ3n) is 5.88. The standard InChI is InChI=1S/C22H17BrCl3F3N2O/c23-15-5-12(3-4-13(15)9-30-20(32)11-1-2-11)18-8-21(10-31-18,22(27,28)29)14-6-16(24)19(26)17(25)7-14/h3-7,11H,1-2,8-10H2,(H,30,32). The maximum absolute atomic E-state index is 14.3. The number of carbonyl (C=O) groups is 1. The number of halogens is 7. The van der Waals surface area contributed by atoms with E-state index in [9.17, 15) is 18.0 Å². The number of nitrogens with zero attached hydrogens (tertiary/aromatic N) is 1. The predicted molar refractivity (Wildman–Crippen MR) is 124 cm³/mol. The second kappa shape index (κ2) is 8.82. The molecule has 1 unspecified atom stereocenters. The summed E-state index contributed by atoms with van der Waals surface area (Å²) in [5, 5.41) is 2.82. The summed E-state index contributed by atoms with van der Waals surface area (Å²) in [6, 6.07) is 7.65. The number of hydrogen-bond donors (Lipinski definition) is 1. The first kappa shape index (κ1) is 23.9. The molecule has 1 N–H and O–H groups in total. The Balaban J connectivity index is 1.58. The number of aliphatic imine (C=N–C) groups is 1. The molecule has 2 aliphatic rings. The van der Waals surface area contributed by atoms with E-state index in [4.69, 9.17) is 34.8 Å². The lowest BCUT2D eigenvalue weighted by Gasteiger charge is -2.32. The van der Waals surface area contributed by atoms with Crippen molar-refractivity contribution in [3.63, 3.8) is 0 Å². The van der Waals surface area contributed by atoms with Gasteiger partial charge in [0.15, 0.2) is 0 Å². The van der Waals surface area contributed by atoms with Crippen molar-refractivity contribution < 1.29 is 18.0 Å². The molecule has 1 aliphatic carbocycles. The highest BCUT2D eigenvalue weighted by molar-refractivity contribution is 9.10. The molecule has 170 valence electrons. The molecule has 0 aromatic heterocycles. The summed E-state index contributed by atoms with van der Waals surface area (Å²) in [5.74, 6) is 0.127. The van der Waals surface area contributed by atoms with Crippen LogP contribution in [0.1, 0.15) is 36.0 Å². The fourth-order valence-corrected chi connectivity index (χ4v) is 4.86. The smallest absolute Gasteiger partial charge is 0.352 e. The lowest BCUT2D eigenvalue weighted by atomic mass is 9.76. The van der Waals surface area contributed by atoms with Gasteiger partial charge in [0.25, 0.3) is 0 Å². The summed E-state index contributed by atoms with van der Waals surface area (Å²) in [4.78, 5) is 16.1. The highest BCUT2D eigenvalue weighted by Crippen LogP contribution is 2.49. The lowest BCUT2D eigenvalue weighted by Crippen LogP contribution is -2.43. The number of rotatable bonds is 5.